The fourth-order valence-electron chi connectivity index (χ4n) is 4.92. The lowest BCUT2D eigenvalue weighted by Gasteiger charge is -2.42. The first-order valence-corrected chi connectivity index (χ1v) is 12.2. The molecule has 12 heteroatoms. The summed E-state index contributed by atoms with van der Waals surface area (Å²) in [6, 6.07) is 12.8. The van der Waals surface area contributed by atoms with Gasteiger partial charge >= 0.3 is 0 Å². The Morgan fingerprint density at radius 3 is 2.63 bits per heavy atom. The van der Waals surface area contributed by atoms with E-state index >= 15 is 0 Å². The predicted octanol–water partition coefficient (Wildman–Crippen LogP) is 3.69. The van der Waals surface area contributed by atoms with E-state index in [0.717, 1.165) is 22.9 Å². The van der Waals surface area contributed by atoms with Crippen LogP contribution >= 0.6 is 11.6 Å². The van der Waals surface area contributed by atoms with Crippen LogP contribution in [0.25, 0.3) is 33.4 Å². The fraction of sp³-hybridized carbons (Fsp3) is 0.115. The summed E-state index contributed by atoms with van der Waals surface area (Å²) in [7, 11) is 0. The van der Waals surface area contributed by atoms with E-state index < -0.39 is 0 Å². The molecule has 1 aliphatic rings. The van der Waals surface area contributed by atoms with Gasteiger partial charge in [-0.3, -0.25) is 9.36 Å². The van der Waals surface area contributed by atoms with Gasteiger partial charge in [-0.05, 0) is 24.6 Å². The highest BCUT2D eigenvalue weighted by molar-refractivity contribution is 6.33. The van der Waals surface area contributed by atoms with Crippen LogP contribution in [0.4, 0.5) is 5.82 Å². The van der Waals surface area contributed by atoms with Crippen molar-refractivity contribution in [3.05, 3.63) is 94.5 Å². The Kier molecular flexibility index (Phi) is 4.95. The summed E-state index contributed by atoms with van der Waals surface area (Å²) >= 11 is 6.36. The quantitative estimate of drug-likeness (QED) is 0.372. The summed E-state index contributed by atoms with van der Waals surface area (Å²) in [4.78, 5) is 36.3. The van der Waals surface area contributed by atoms with Gasteiger partial charge in [-0.1, -0.05) is 29.8 Å². The highest BCUT2D eigenvalue weighted by Gasteiger charge is 2.37. The molecule has 0 unspecified atom stereocenters. The van der Waals surface area contributed by atoms with Crippen molar-refractivity contribution in [1.29, 1.82) is 5.26 Å². The first-order valence-electron chi connectivity index (χ1n) is 11.8. The molecule has 1 aliphatic heterocycles. The van der Waals surface area contributed by atoms with Gasteiger partial charge < -0.3 is 9.88 Å². The Hall–Kier alpha value is -5.08. The van der Waals surface area contributed by atoms with Crippen LogP contribution in [0.15, 0.2) is 72.3 Å². The van der Waals surface area contributed by atoms with Crippen molar-refractivity contribution in [2.75, 3.05) is 11.4 Å². The maximum Gasteiger partial charge on any atom is 0.284 e. The van der Waals surface area contributed by atoms with Crippen LogP contribution in [-0.4, -0.2) is 45.6 Å². The third-order valence-corrected chi connectivity index (χ3v) is 7.08. The summed E-state index contributed by atoms with van der Waals surface area (Å²) in [5, 5.41) is 15.1. The zero-order valence-corrected chi connectivity index (χ0v) is 20.4. The molecule has 0 amide bonds. The Bertz CT molecular complexity index is 1940. The summed E-state index contributed by atoms with van der Waals surface area (Å²) in [5.74, 6) is 1.38. The molecule has 1 saturated heterocycles. The second-order valence-corrected chi connectivity index (χ2v) is 9.23. The predicted molar refractivity (Wildman–Crippen MR) is 140 cm³/mol. The maximum atomic E-state index is 13.7. The van der Waals surface area contributed by atoms with E-state index in [4.69, 9.17) is 22.0 Å². The number of benzene rings is 1. The molecule has 0 spiro atoms. The molecule has 0 bridgehead atoms. The molecule has 0 saturated carbocycles. The van der Waals surface area contributed by atoms with E-state index in [1.165, 1.54) is 6.33 Å². The van der Waals surface area contributed by atoms with Crippen molar-refractivity contribution in [3.63, 3.8) is 0 Å². The normalized spacial score (nSPS) is 15.1. The number of rotatable bonds is 4. The third kappa shape index (κ3) is 3.28. The fourth-order valence-corrected chi connectivity index (χ4v) is 5.14. The molecule has 6 aromatic rings. The number of aromatic amines is 1. The number of para-hydroxylation sites is 1. The number of anilines is 1. The molecule has 7 rings (SSSR count). The Morgan fingerprint density at radius 1 is 1.08 bits per heavy atom. The standard InChI is InChI=1S/C26H17ClN10O/c27-18-6-9-36-22(18)26(38)37(16-4-2-1-3-5-16)24(34-36)19-7-8-35(19)25-21-17(13-31-23(21)32-14-33-25)15-11-29-20(10-28)30-12-15/h1-6,9,11-14,19H,7-8H2,(H,31,32,33)/t19-/m0/s1. The SMILES string of the molecule is N#Cc1ncc(-c2c[nH]c3ncnc(N4CC[C@H]4c4nn5ccc(Cl)c5c(=O)n4-c4ccccc4)c23)cn1. The number of nitrogens with zero attached hydrogens (tertiary/aromatic N) is 9. The Morgan fingerprint density at radius 2 is 1.89 bits per heavy atom. The minimum absolute atomic E-state index is 0.0957. The maximum absolute atomic E-state index is 13.7. The average molecular weight is 521 g/mol. The van der Waals surface area contributed by atoms with Crippen LogP contribution < -0.4 is 10.5 Å². The second kappa shape index (κ2) is 8.50. The van der Waals surface area contributed by atoms with E-state index in [1.54, 1.807) is 33.7 Å². The minimum Gasteiger partial charge on any atom is -0.345 e. The molecule has 1 atom stereocenters. The van der Waals surface area contributed by atoms with Gasteiger partial charge in [-0.15, -0.1) is 0 Å². The van der Waals surface area contributed by atoms with Crippen molar-refractivity contribution < 1.29 is 0 Å². The molecule has 1 aromatic carbocycles. The van der Waals surface area contributed by atoms with Gasteiger partial charge in [0.1, 0.15) is 29.4 Å². The third-order valence-electron chi connectivity index (χ3n) is 6.78. The van der Waals surface area contributed by atoms with Crippen LogP contribution in [0.3, 0.4) is 0 Å². The molecule has 38 heavy (non-hydrogen) atoms. The smallest absolute Gasteiger partial charge is 0.284 e. The zero-order valence-electron chi connectivity index (χ0n) is 19.7. The number of nitriles is 1. The van der Waals surface area contributed by atoms with Crippen molar-refractivity contribution >= 4 is 34.0 Å². The topological polar surface area (TPSA) is 134 Å². The van der Waals surface area contributed by atoms with Crippen molar-refractivity contribution in [1.82, 2.24) is 39.1 Å². The van der Waals surface area contributed by atoms with E-state index in [-0.39, 0.29) is 17.4 Å². The lowest BCUT2D eigenvalue weighted by Crippen LogP contribution is -2.45. The van der Waals surface area contributed by atoms with Gasteiger partial charge in [0, 0.05) is 42.5 Å². The molecule has 5 aromatic heterocycles. The van der Waals surface area contributed by atoms with Gasteiger partial charge in [0.15, 0.2) is 5.82 Å². The molecule has 0 radical (unpaired) electrons. The summed E-state index contributed by atoms with van der Waals surface area (Å²) in [6.07, 6.45) is 9.02. The van der Waals surface area contributed by atoms with E-state index in [0.29, 0.717) is 40.1 Å². The van der Waals surface area contributed by atoms with E-state index in [9.17, 15) is 4.79 Å². The van der Waals surface area contributed by atoms with Gasteiger partial charge in [0.25, 0.3) is 5.56 Å². The number of aromatic nitrogens is 8. The number of fused-ring (bicyclic) bond motifs is 2. The van der Waals surface area contributed by atoms with Crippen LogP contribution in [0.2, 0.25) is 5.02 Å². The molecular formula is C26H17ClN10O. The molecular weight excluding hydrogens is 504 g/mol. The molecule has 0 aliphatic carbocycles. The lowest BCUT2D eigenvalue weighted by atomic mass is 10.00. The Labute approximate surface area is 219 Å². The van der Waals surface area contributed by atoms with Gasteiger partial charge in [0.05, 0.1) is 22.1 Å². The largest absolute Gasteiger partial charge is 0.345 e. The first kappa shape index (κ1) is 22.1. The zero-order chi connectivity index (χ0) is 25.8. The highest BCUT2D eigenvalue weighted by atomic mass is 35.5. The molecule has 184 valence electrons. The molecule has 1 fully saturated rings. The summed E-state index contributed by atoms with van der Waals surface area (Å²) in [5.41, 5.74) is 2.98. The van der Waals surface area contributed by atoms with E-state index in [2.05, 4.69) is 29.8 Å². The van der Waals surface area contributed by atoms with Crippen molar-refractivity contribution in [2.24, 2.45) is 0 Å². The van der Waals surface area contributed by atoms with Crippen LogP contribution in [-0.2, 0) is 0 Å². The van der Waals surface area contributed by atoms with Crippen molar-refractivity contribution in [2.45, 2.75) is 12.5 Å². The lowest BCUT2D eigenvalue weighted by molar-refractivity contribution is 0.424. The number of halogens is 1. The molecule has 6 heterocycles. The number of hydrogen-bond acceptors (Lipinski definition) is 8. The number of H-pyrrole nitrogens is 1. The Balaban J connectivity index is 1.40. The van der Waals surface area contributed by atoms with Gasteiger partial charge in [0.2, 0.25) is 5.82 Å². The summed E-state index contributed by atoms with van der Waals surface area (Å²) in [6.45, 7) is 0.709. The first-order chi connectivity index (χ1) is 18.6. The van der Waals surface area contributed by atoms with Gasteiger partial charge in [-0.2, -0.15) is 10.4 Å². The van der Waals surface area contributed by atoms with E-state index in [1.807, 2.05) is 42.6 Å². The summed E-state index contributed by atoms with van der Waals surface area (Å²) < 4.78 is 3.17. The number of nitrogens with one attached hydrogen (secondary N) is 1. The van der Waals surface area contributed by atoms with Crippen molar-refractivity contribution in [3.8, 4) is 22.9 Å². The van der Waals surface area contributed by atoms with Crippen LogP contribution in [0.5, 0.6) is 0 Å². The number of hydrogen-bond donors (Lipinski definition) is 1. The molecule has 1 N–H and O–H groups in total. The van der Waals surface area contributed by atoms with Gasteiger partial charge in [-0.25, -0.2) is 24.5 Å². The average Bonchev–Trinajstić information content (AvgIpc) is 3.53. The highest BCUT2D eigenvalue weighted by Crippen LogP contribution is 2.41. The van der Waals surface area contributed by atoms with Crippen LogP contribution in [0.1, 0.15) is 24.1 Å². The van der Waals surface area contributed by atoms with Crippen LogP contribution in [0, 0.1) is 11.3 Å². The second-order valence-electron chi connectivity index (χ2n) is 8.82. The minimum atomic E-state index is -0.243. The monoisotopic (exact) mass is 520 g/mol. The molecule has 11 nitrogen and oxygen atoms in total.